The Kier molecular flexibility index (Phi) is 4.99. The van der Waals surface area contributed by atoms with E-state index in [1.807, 2.05) is 11.3 Å². The van der Waals surface area contributed by atoms with E-state index < -0.39 is 0 Å². The van der Waals surface area contributed by atoms with Gasteiger partial charge in [0.05, 0.1) is 33.0 Å². The molecule has 3 aromatic heterocycles. The van der Waals surface area contributed by atoms with Crippen LogP contribution < -0.4 is 4.90 Å². The van der Waals surface area contributed by atoms with Gasteiger partial charge in [-0.1, -0.05) is 72.8 Å². The predicted octanol–water partition coefficient (Wildman–Crippen LogP) is 9.22. The van der Waals surface area contributed by atoms with Crippen molar-refractivity contribution in [3.63, 3.8) is 0 Å². The van der Waals surface area contributed by atoms with Gasteiger partial charge in [-0.2, -0.15) is 0 Å². The van der Waals surface area contributed by atoms with Crippen LogP contribution in [0.25, 0.3) is 47.8 Å². The minimum absolute atomic E-state index is 0.0148. The molecule has 196 valence electrons. The van der Waals surface area contributed by atoms with E-state index in [4.69, 9.17) is 9.98 Å². The standard InChI is InChI=1S/C36H26N4S/c1-2-10-23(11-3-1)36-38-28-14-6-8-16-30(28)40(36)25-20-18-24(19-21-25)39-29-15-7-4-12-26(29)34-35(39)33-27-13-5-9-17-31(27)41-32(33)22-37-34/h1-7,9-15,17-22,30,36H,8,16H2. The number of nitrogens with zero attached hydrogens (tertiary/aromatic N) is 4. The minimum atomic E-state index is -0.0148. The van der Waals surface area contributed by atoms with Gasteiger partial charge in [0.2, 0.25) is 0 Å². The number of para-hydroxylation sites is 1. The van der Waals surface area contributed by atoms with Crippen LogP contribution >= 0.6 is 11.3 Å². The number of aromatic nitrogens is 2. The normalized spacial score (nSPS) is 18.5. The Morgan fingerprint density at radius 2 is 1.49 bits per heavy atom. The highest BCUT2D eigenvalue weighted by Crippen LogP contribution is 2.43. The summed E-state index contributed by atoms with van der Waals surface area (Å²) in [5.41, 5.74) is 8.17. The van der Waals surface area contributed by atoms with Crippen molar-refractivity contribution in [1.82, 2.24) is 9.55 Å². The van der Waals surface area contributed by atoms with Crippen molar-refractivity contribution in [2.75, 3.05) is 4.90 Å². The molecule has 2 aliphatic rings. The molecule has 1 aliphatic carbocycles. The lowest BCUT2D eigenvalue weighted by atomic mass is 9.98. The van der Waals surface area contributed by atoms with E-state index in [2.05, 4.69) is 131 Å². The summed E-state index contributed by atoms with van der Waals surface area (Å²) in [7, 11) is 0. The van der Waals surface area contributed by atoms with Gasteiger partial charge in [0.1, 0.15) is 6.17 Å². The number of benzene rings is 4. The van der Waals surface area contributed by atoms with E-state index in [0.29, 0.717) is 6.04 Å². The molecule has 4 nitrogen and oxygen atoms in total. The summed E-state index contributed by atoms with van der Waals surface area (Å²) >= 11 is 1.82. The Hall–Kier alpha value is -4.74. The highest BCUT2D eigenvalue weighted by molar-refractivity contribution is 7.26. The van der Waals surface area contributed by atoms with Gasteiger partial charge < -0.3 is 9.47 Å². The maximum Gasteiger partial charge on any atom is 0.148 e. The average Bonchev–Trinajstić information content (AvgIpc) is 3.71. The third-order valence-corrected chi connectivity index (χ3v) is 9.73. The Bertz CT molecular complexity index is 2170. The molecule has 5 heteroatoms. The van der Waals surface area contributed by atoms with Crippen molar-refractivity contribution in [2.24, 2.45) is 4.99 Å². The molecule has 4 aromatic carbocycles. The monoisotopic (exact) mass is 546 g/mol. The van der Waals surface area contributed by atoms with Gasteiger partial charge in [-0.15, -0.1) is 11.3 Å². The van der Waals surface area contributed by atoms with Crippen molar-refractivity contribution in [3.05, 3.63) is 127 Å². The fourth-order valence-electron chi connectivity index (χ4n) is 6.83. The quantitative estimate of drug-likeness (QED) is 0.221. The Balaban J connectivity index is 1.24. The van der Waals surface area contributed by atoms with Gasteiger partial charge >= 0.3 is 0 Å². The Morgan fingerprint density at radius 3 is 2.37 bits per heavy atom. The smallest absolute Gasteiger partial charge is 0.148 e. The van der Waals surface area contributed by atoms with Crippen LogP contribution in [0.5, 0.6) is 0 Å². The van der Waals surface area contributed by atoms with Crippen molar-refractivity contribution in [3.8, 4) is 5.69 Å². The van der Waals surface area contributed by atoms with Crippen molar-refractivity contribution in [1.29, 1.82) is 0 Å². The second kappa shape index (κ2) is 8.88. The molecule has 0 fully saturated rings. The molecule has 0 spiro atoms. The lowest BCUT2D eigenvalue weighted by molar-refractivity contribution is 0.621. The van der Waals surface area contributed by atoms with Crippen molar-refractivity contribution < 1.29 is 0 Å². The number of aliphatic imine (C=N–C) groups is 1. The van der Waals surface area contributed by atoms with Crippen LogP contribution in [0.1, 0.15) is 24.6 Å². The zero-order valence-electron chi connectivity index (χ0n) is 22.3. The second-order valence-corrected chi connectivity index (χ2v) is 12.0. The average molecular weight is 547 g/mol. The summed E-state index contributed by atoms with van der Waals surface area (Å²) in [5, 5.41) is 3.75. The summed E-state index contributed by atoms with van der Waals surface area (Å²) in [5.74, 6) is 0. The SMILES string of the molecule is C1=CC2=NC(c3ccccc3)N(c3ccc(-n4c5ccccc5c5ncc6sc7ccccc7c6c54)cc3)C2CC1. The fraction of sp³-hybridized carbons (Fsp3) is 0.111. The van der Waals surface area contributed by atoms with E-state index in [1.54, 1.807) is 0 Å². The van der Waals surface area contributed by atoms with Gasteiger partial charge in [0.15, 0.2) is 0 Å². The van der Waals surface area contributed by atoms with Crippen LogP contribution in [0.15, 0.2) is 126 Å². The second-order valence-electron chi connectivity index (χ2n) is 10.9. The van der Waals surface area contributed by atoms with Gasteiger partial charge in [-0.3, -0.25) is 9.98 Å². The number of allylic oxidation sites excluding steroid dienone is 1. The molecule has 0 amide bonds. The maximum absolute atomic E-state index is 5.19. The van der Waals surface area contributed by atoms with E-state index in [-0.39, 0.29) is 6.17 Å². The van der Waals surface area contributed by atoms with E-state index >= 15 is 0 Å². The van der Waals surface area contributed by atoms with Gasteiger partial charge in [-0.05, 0) is 60.9 Å². The fourth-order valence-corrected chi connectivity index (χ4v) is 7.91. The molecular weight excluding hydrogens is 520 g/mol. The first-order chi connectivity index (χ1) is 20.3. The third kappa shape index (κ3) is 3.39. The molecular formula is C36H26N4S. The number of thiophene rings is 1. The number of hydrogen-bond donors (Lipinski definition) is 0. The largest absolute Gasteiger partial charge is 0.337 e. The van der Waals surface area contributed by atoms with Gasteiger partial charge in [0, 0.05) is 38.4 Å². The maximum atomic E-state index is 5.19. The summed E-state index contributed by atoms with van der Waals surface area (Å²) in [6.45, 7) is 0. The van der Waals surface area contributed by atoms with Gasteiger partial charge in [-0.25, -0.2) is 0 Å². The molecule has 2 atom stereocenters. The van der Waals surface area contributed by atoms with Crippen LogP contribution in [0.2, 0.25) is 0 Å². The van der Waals surface area contributed by atoms with E-state index in [9.17, 15) is 0 Å². The number of rotatable bonds is 3. The molecule has 9 rings (SSSR count). The van der Waals surface area contributed by atoms with E-state index in [0.717, 1.165) is 24.0 Å². The molecule has 2 unspecified atom stereocenters. The van der Waals surface area contributed by atoms with E-state index in [1.165, 1.54) is 53.6 Å². The highest BCUT2D eigenvalue weighted by atomic mass is 32.1. The molecule has 0 radical (unpaired) electrons. The summed E-state index contributed by atoms with van der Waals surface area (Å²) < 4.78 is 4.92. The van der Waals surface area contributed by atoms with Crippen LogP contribution in [-0.4, -0.2) is 21.3 Å². The van der Waals surface area contributed by atoms with Crippen molar-refractivity contribution in [2.45, 2.75) is 25.0 Å². The Labute approximate surface area is 241 Å². The molecule has 0 saturated carbocycles. The molecule has 4 heterocycles. The predicted molar refractivity (Wildman–Crippen MR) is 173 cm³/mol. The first-order valence-corrected chi connectivity index (χ1v) is 15.0. The van der Waals surface area contributed by atoms with Crippen LogP contribution in [0.4, 0.5) is 5.69 Å². The first kappa shape index (κ1) is 23.0. The lowest BCUT2D eigenvalue weighted by Gasteiger charge is -2.33. The molecule has 0 saturated heterocycles. The number of fused-ring (bicyclic) bond motifs is 8. The molecule has 41 heavy (non-hydrogen) atoms. The van der Waals surface area contributed by atoms with Crippen molar-refractivity contribution >= 4 is 64.8 Å². The zero-order valence-corrected chi connectivity index (χ0v) is 23.1. The zero-order chi connectivity index (χ0) is 26.9. The Morgan fingerprint density at radius 1 is 0.732 bits per heavy atom. The summed E-state index contributed by atoms with van der Waals surface area (Å²) in [6.07, 6.45) is 8.69. The lowest BCUT2D eigenvalue weighted by Crippen LogP contribution is -2.37. The third-order valence-electron chi connectivity index (χ3n) is 8.63. The molecule has 7 aromatic rings. The number of hydrogen-bond acceptors (Lipinski definition) is 4. The summed E-state index contributed by atoms with van der Waals surface area (Å²) in [6, 6.07) is 37.4. The minimum Gasteiger partial charge on any atom is -0.337 e. The number of pyridine rings is 1. The van der Waals surface area contributed by atoms with Crippen LogP contribution in [0, 0.1) is 0 Å². The highest BCUT2D eigenvalue weighted by Gasteiger charge is 2.37. The molecule has 1 aliphatic heterocycles. The van der Waals surface area contributed by atoms with Crippen LogP contribution in [-0.2, 0) is 0 Å². The van der Waals surface area contributed by atoms with Gasteiger partial charge in [0.25, 0.3) is 0 Å². The molecule has 0 N–H and O–H groups in total. The topological polar surface area (TPSA) is 33.4 Å². The number of anilines is 1. The first-order valence-electron chi connectivity index (χ1n) is 14.2. The molecule has 0 bridgehead atoms. The summed E-state index contributed by atoms with van der Waals surface area (Å²) in [4.78, 5) is 12.7. The van der Waals surface area contributed by atoms with Crippen LogP contribution in [0.3, 0.4) is 0 Å².